The highest BCUT2D eigenvalue weighted by Crippen LogP contribution is 2.07. The van der Waals surface area contributed by atoms with E-state index in [9.17, 15) is 19.2 Å². The number of carbonyl (C=O) groups excluding carboxylic acids is 4. The smallest absolute Gasteiger partial charge is 0.334 e. The number of esters is 4. The molecule has 0 amide bonds. The van der Waals surface area contributed by atoms with Crippen LogP contribution in [-0.4, -0.2) is 153 Å². The lowest BCUT2D eigenvalue weighted by atomic mass is 10.2. The summed E-state index contributed by atoms with van der Waals surface area (Å²) < 4.78 is 41.3. The van der Waals surface area contributed by atoms with Crippen LogP contribution in [0, 0.1) is 0 Å². The van der Waals surface area contributed by atoms with Gasteiger partial charge < -0.3 is 37.9 Å². The molecule has 1 saturated heterocycles. The number of ether oxygens (including phenoxy) is 8. The number of hydrogen-bond acceptors (Lipinski definition) is 14. The number of rotatable bonds is 6. The van der Waals surface area contributed by atoms with Crippen molar-refractivity contribution in [2.45, 2.75) is 12.1 Å². The Kier molecular flexibility index (Phi) is 16.6. The van der Waals surface area contributed by atoms with Gasteiger partial charge in [-0.3, -0.25) is 9.80 Å². The molecule has 0 radical (unpaired) electrons. The first-order valence-electron chi connectivity index (χ1n) is 11.5. The van der Waals surface area contributed by atoms with E-state index >= 15 is 0 Å². The van der Waals surface area contributed by atoms with Crippen molar-refractivity contribution < 1.29 is 57.1 Å². The van der Waals surface area contributed by atoms with Crippen molar-refractivity contribution in [1.29, 1.82) is 0 Å². The van der Waals surface area contributed by atoms with E-state index in [1.807, 2.05) is 0 Å². The van der Waals surface area contributed by atoms with E-state index in [0.29, 0.717) is 0 Å². The van der Waals surface area contributed by atoms with Crippen molar-refractivity contribution in [3.05, 3.63) is 0 Å². The molecule has 208 valence electrons. The summed E-state index contributed by atoms with van der Waals surface area (Å²) in [4.78, 5) is 51.9. The van der Waals surface area contributed by atoms with E-state index in [4.69, 9.17) is 37.9 Å². The number of carbonyl (C=O) groups is 4. The largest absolute Gasteiger partial charge is 0.467 e. The summed E-state index contributed by atoms with van der Waals surface area (Å²) in [6.07, 6.45) is 0. The molecular weight excluding hydrogens is 484 g/mol. The summed E-state index contributed by atoms with van der Waals surface area (Å²) in [5, 5.41) is 0. The van der Waals surface area contributed by atoms with Gasteiger partial charge in [-0.15, -0.1) is 0 Å². The van der Waals surface area contributed by atoms with Gasteiger partial charge in [-0.05, 0) is 0 Å². The highest BCUT2D eigenvalue weighted by molar-refractivity contribution is 5.99. The van der Waals surface area contributed by atoms with Crippen LogP contribution in [-0.2, 0) is 57.1 Å². The van der Waals surface area contributed by atoms with E-state index in [0.717, 1.165) is 0 Å². The molecule has 0 aromatic carbocycles. The molecule has 1 fully saturated rings. The second-order valence-electron chi connectivity index (χ2n) is 7.42. The van der Waals surface area contributed by atoms with Gasteiger partial charge in [0.2, 0.25) is 12.1 Å². The first-order chi connectivity index (χ1) is 17.4. The predicted octanol–water partition coefficient (Wildman–Crippen LogP) is -1.90. The van der Waals surface area contributed by atoms with E-state index in [1.54, 1.807) is 9.80 Å². The highest BCUT2D eigenvalue weighted by Gasteiger charge is 2.35. The third kappa shape index (κ3) is 11.1. The van der Waals surface area contributed by atoms with Gasteiger partial charge in [-0.1, -0.05) is 0 Å². The van der Waals surface area contributed by atoms with Crippen LogP contribution in [0.1, 0.15) is 0 Å². The summed E-state index contributed by atoms with van der Waals surface area (Å²) in [7, 11) is 4.79. The lowest BCUT2D eigenvalue weighted by Crippen LogP contribution is -2.50. The van der Waals surface area contributed by atoms with Crippen LogP contribution in [0.3, 0.4) is 0 Å². The molecule has 0 unspecified atom stereocenters. The van der Waals surface area contributed by atoms with Crippen LogP contribution >= 0.6 is 0 Å². The molecule has 0 saturated carbocycles. The van der Waals surface area contributed by atoms with E-state index < -0.39 is 36.0 Å². The number of methoxy groups -OCH3 is 4. The van der Waals surface area contributed by atoms with E-state index in [2.05, 4.69) is 0 Å². The summed E-state index contributed by atoms with van der Waals surface area (Å²) >= 11 is 0. The molecule has 36 heavy (non-hydrogen) atoms. The zero-order valence-electron chi connectivity index (χ0n) is 21.4. The molecule has 0 bridgehead atoms. The lowest BCUT2D eigenvalue weighted by Gasteiger charge is -2.28. The minimum absolute atomic E-state index is 0.204. The SMILES string of the molecule is COC(=O)C(C(=O)OC)N1CCOCCOCCN(C(C(=O)OC)C(=O)OC)CCOCCOCC1. The molecule has 1 aliphatic rings. The Balaban J connectivity index is 2.78. The second-order valence-corrected chi connectivity index (χ2v) is 7.42. The van der Waals surface area contributed by atoms with Crippen LogP contribution in [0.4, 0.5) is 0 Å². The maximum absolute atomic E-state index is 12.2. The van der Waals surface area contributed by atoms with Crippen molar-refractivity contribution in [3.8, 4) is 0 Å². The third-order valence-electron chi connectivity index (χ3n) is 5.26. The minimum Gasteiger partial charge on any atom is -0.467 e. The van der Waals surface area contributed by atoms with Gasteiger partial charge in [0.25, 0.3) is 0 Å². The fraction of sp³-hybridized carbons (Fsp3) is 0.818. The van der Waals surface area contributed by atoms with Crippen molar-refractivity contribution in [2.24, 2.45) is 0 Å². The highest BCUT2D eigenvalue weighted by atomic mass is 16.6. The molecule has 0 spiro atoms. The molecule has 1 heterocycles. The standard InChI is InChI=1S/C22H38N2O12/c1-29-19(25)17(20(26)30-2)23-5-9-33-13-15-35-11-7-24(8-12-36-16-14-34-10-6-23)18(21(27)31-3)22(28)32-4/h17-18H,5-16H2,1-4H3. The molecule has 0 N–H and O–H groups in total. The minimum atomic E-state index is -1.24. The van der Waals surface area contributed by atoms with Gasteiger partial charge in [0, 0.05) is 26.2 Å². The van der Waals surface area contributed by atoms with E-state index in [-0.39, 0.29) is 79.0 Å². The fourth-order valence-corrected chi connectivity index (χ4v) is 3.35. The van der Waals surface area contributed by atoms with Crippen molar-refractivity contribution >= 4 is 23.9 Å². The molecule has 0 aromatic rings. The van der Waals surface area contributed by atoms with Crippen LogP contribution < -0.4 is 0 Å². The van der Waals surface area contributed by atoms with Gasteiger partial charge in [0.15, 0.2) is 0 Å². The third-order valence-corrected chi connectivity index (χ3v) is 5.26. The molecule has 1 aliphatic heterocycles. The van der Waals surface area contributed by atoms with Crippen LogP contribution in [0.15, 0.2) is 0 Å². The van der Waals surface area contributed by atoms with Gasteiger partial charge in [-0.25, -0.2) is 19.2 Å². The monoisotopic (exact) mass is 522 g/mol. The second kappa shape index (κ2) is 18.8. The predicted molar refractivity (Wildman–Crippen MR) is 122 cm³/mol. The zero-order valence-corrected chi connectivity index (χ0v) is 21.4. The average Bonchev–Trinajstić information content (AvgIpc) is 2.89. The summed E-state index contributed by atoms with van der Waals surface area (Å²) in [5.41, 5.74) is 0. The first-order valence-corrected chi connectivity index (χ1v) is 11.5. The van der Waals surface area contributed by atoms with Gasteiger partial charge in [-0.2, -0.15) is 0 Å². The Morgan fingerprint density at radius 3 is 0.889 bits per heavy atom. The van der Waals surface area contributed by atoms with Crippen molar-refractivity contribution in [3.63, 3.8) is 0 Å². The van der Waals surface area contributed by atoms with Crippen molar-refractivity contribution in [1.82, 2.24) is 9.80 Å². The zero-order chi connectivity index (χ0) is 26.8. The lowest BCUT2D eigenvalue weighted by molar-refractivity contribution is -0.163. The van der Waals surface area contributed by atoms with Crippen LogP contribution in [0.5, 0.6) is 0 Å². The molecule has 14 heteroatoms. The molecule has 14 nitrogen and oxygen atoms in total. The van der Waals surface area contributed by atoms with Gasteiger partial charge in [0.1, 0.15) is 0 Å². The molecular formula is C22H38N2O12. The Morgan fingerprint density at radius 2 is 0.694 bits per heavy atom. The number of hydrogen-bond donors (Lipinski definition) is 0. The summed E-state index contributed by atoms with van der Waals surface area (Å²) in [6, 6.07) is -2.48. The number of nitrogens with zero attached hydrogens (tertiary/aromatic N) is 2. The molecule has 1 rings (SSSR count). The maximum atomic E-state index is 12.2. The maximum Gasteiger partial charge on any atom is 0.334 e. The quantitative estimate of drug-likeness (QED) is 0.217. The molecule has 0 atom stereocenters. The molecule has 0 aromatic heterocycles. The van der Waals surface area contributed by atoms with Crippen LogP contribution in [0.25, 0.3) is 0 Å². The Labute approximate surface area is 210 Å². The Hall–Kier alpha value is -2.36. The first kappa shape index (κ1) is 31.7. The van der Waals surface area contributed by atoms with E-state index in [1.165, 1.54) is 28.4 Å². The summed E-state index contributed by atoms with van der Waals surface area (Å²) in [5.74, 6) is -2.95. The van der Waals surface area contributed by atoms with Gasteiger partial charge in [0.05, 0.1) is 81.3 Å². The normalized spacial score (nSPS) is 18.6. The van der Waals surface area contributed by atoms with Crippen molar-refractivity contribution in [2.75, 3.05) is 107 Å². The Bertz CT molecular complexity index is 569. The fourth-order valence-electron chi connectivity index (χ4n) is 3.35. The summed E-state index contributed by atoms with van der Waals surface area (Å²) in [6.45, 7) is 2.74. The average molecular weight is 523 g/mol. The van der Waals surface area contributed by atoms with Gasteiger partial charge >= 0.3 is 23.9 Å². The Morgan fingerprint density at radius 1 is 0.472 bits per heavy atom. The molecule has 0 aliphatic carbocycles. The topological polar surface area (TPSA) is 149 Å². The van der Waals surface area contributed by atoms with Crippen LogP contribution in [0.2, 0.25) is 0 Å².